The third-order valence-electron chi connectivity index (χ3n) is 1.30. The van der Waals surface area contributed by atoms with Gasteiger partial charge in [0.1, 0.15) is 13.2 Å². The number of aliphatic hydroxyl groups excluding tert-OH is 1. The fraction of sp³-hybridized carbons (Fsp3) is 0.750. The van der Waals surface area contributed by atoms with Gasteiger partial charge in [0, 0.05) is 7.11 Å². The monoisotopic (exact) mass is 206 g/mol. The van der Waals surface area contributed by atoms with Gasteiger partial charge in [-0.2, -0.15) is 0 Å². The molecule has 0 bridgehead atoms. The Balaban J connectivity index is 3.70. The number of hydrogen-bond donors (Lipinski definition) is 1. The molecule has 0 aliphatic rings. The van der Waals surface area contributed by atoms with Crippen LogP contribution in [0.4, 0.5) is 0 Å². The third kappa shape index (κ3) is 5.50. The first kappa shape index (κ1) is 12.9. The Morgan fingerprint density at radius 2 is 2.00 bits per heavy atom. The fourth-order valence-corrected chi connectivity index (χ4v) is 0.625. The van der Waals surface area contributed by atoms with Crippen LogP contribution in [0.5, 0.6) is 0 Å². The minimum atomic E-state index is -1.01. The van der Waals surface area contributed by atoms with Crippen LogP contribution in [-0.2, 0) is 23.8 Å². The lowest BCUT2D eigenvalue weighted by Crippen LogP contribution is -2.28. The Morgan fingerprint density at radius 3 is 2.50 bits per heavy atom. The molecular formula is C8H14O6. The van der Waals surface area contributed by atoms with Gasteiger partial charge in [0.15, 0.2) is 6.10 Å². The molecule has 1 atom stereocenters. The van der Waals surface area contributed by atoms with Crippen LogP contribution in [0.2, 0.25) is 0 Å². The van der Waals surface area contributed by atoms with Crippen LogP contribution >= 0.6 is 0 Å². The highest BCUT2D eigenvalue weighted by atomic mass is 16.6. The molecule has 6 heteroatoms. The Morgan fingerprint density at radius 1 is 1.36 bits per heavy atom. The summed E-state index contributed by atoms with van der Waals surface area (Å²) >= 11 is 0. The van der Waals surface area contributed by atoms with E-state index < -0.39 is 24.6 Å². The summed E-state index contributed by atoms with van der Waals surface area (Å²) in [6.45, 7) is 1.00. The standard InChI is InChI=1S/C8H14O6/c1-6(14-7(10)5-9)8(11)13-4-3-12-2/h6,9H,3-5H2,1-2H3. The van der Waals surface area contributed by atoms with Crippen molar-refractivity contribution >= 4 is 11.9 Å². The molecule has 6 nitrogen and oxygen atoms in total. The lowest BCUT2D eigenvalue weighted by atomic mass is 10.4. The molecule has 0 aliphatic heterocycles. The van der Waals surface area contributed by atoms with E-state index in [0.29, 0.717) is 0 Å². The summed E-state index contributed by atoms with van der Waals surface area (Å²) < 4.78 is 13.8. The molecular weight excluding hydrogens is 192 g/mol. The molecule has 0 saturated heterocycles. The van der Waals surface area contributed by atoms with Gasteiger partial charge in [-0.05, 0) is 6.92 Å². The minimum absolute atomic E-state index is 0.107. The molecule has 0 aromatic carbocycles. The highest BCUT2D eigenvalue weighted by Crippen LogP contribution is 1.95. The molecule has 1 unspecified atom stereocenters. The highest BCUT2D eigenvalue weighted by molar-refractivity contribution is 5.79. The summed E-state index contributed by atoms with van der Waals surface area (Å²) in [5.74, 6) is -1.52. The summed E-state index contributed by atoms with van der Waals surface area (Å²) in [4.78, 5) is 21.6. The van der Waals surface area contributed by atoms with Crippen molar-refractivity contribution in [3.05, 3.63) is 0 Å². The van der Waals surface area contributed by atoms with E-state index in [-0.39, 0.29) is 13.2 Å². The van der Waals surface area contributed by atoms with Gasteiger partial charge in [0.2, 0.25) is 0 Å². The highest BCUT2D eigenvalue weighted by Gasteiger charge is 2.18. The molecule has 1 N–H and O–H groups in total. The van der Waals surface area contributed by atoms with E-state index in [1.807, 2.05) is 0 Å². The molecule has 0 rings (SSSR count). The Bertz CT molecular complexity index is 190. The predicted molar refractivity (Wildman–Crippen MR) is 45.5 cm³/mol. The first-order valence-electron chi connectivity index (χ1n) is 4.07. The topological polar surface area (TPSA) is 82.1 Å². The number of carbonyl (C=O) groups is 2. The molecule has 0 heterocycles. The summed E-state index contributed by atoms with van der Waals surface area (Å²) in [5, 5.41) is 8.33. The average molecular weight is 206 g/mol. The summed E-state index contributed by atoms with van der Waals surface area (Å²) in [6, 6.07) is 0. The molecule has 0 spiro atoms. The number of methoxy groups -OCH3 is 1. The first-order chi connectivity index (χ1) is 6.61. The number of ether oxygens (including phenoxy) is 3. The van der Waals surface area contributed by atoms with Crippen molar-refractivity contribution in [2.75, 3.05) is 26.9 Å². The van der Waals surface area contributed by atoms with Gasteiger partial charge < -0.3 is 19.3 Å². The van der Waals surface area contributed by atoms with Crippen molar-refractivity contribution in [2.45, 2.75) is 13.0 Å². The van der Waals surface area contributed by atoms with E-state index in [1.165, 1.54) is 14.0 Å². The summed E-state index contributed by atoms with van der Waals surface area (Å²) in [7, 11) is 1.48. The second-order valence-electron chi connectivity index (χ2n) is 2.45. The smallest absolute Gasteiger partial charge is 0.347 e. The Hall–Kier alpha value is -1.14. The third-order valence-corrected chi connectivity index (χ3v) is 1.30. The number of esters is 2. The zero-order valence-corrected chi connectivity index (χ0v) is 8.19. The minimum Gasteiger partial charge on any atom is -0.461 e. The van der Waals surface area contributed by atoms with Crippen LogP contribution in [0.15, 0.2) is 0 Å². The molecule has 0 aromatic rings. The molecule has 0 aromatic heterocycles. The lowest BCUT2D eigenvalue weighted by molar-refractivity contribution is -0.168. The Labute approximate surface area is 81.8 Å². The molecule has 0 radical (unpaired) electrons. The van der Waals surface area contributed by atoms with Gasteiger partial charge in [-0.15, -0.1) is 0 Å². The largest absolute Gasteiger partial charge is 0.461 e. The molecule has 82 valence electrons. The van der Waals surface area contributed by atoms with Gasteiger partial charge in [-0.1, -0.05) is 0 Å². The molecule has 14 heavy (non-hydrogen) atoms. The zero-order valence-electron chi connectivity index (χ0n) is 8.19. The first-order valence-corrected chi connectivity index (χ1v) is 4.07. The van der Waals surface area contributed by atoms with Gasteiger partial charge in [0.05, 0.1) is 6.61 Å². The van der Waals surface area contributed by atoms with Crippen molar-refractivity contribution in [1.82, 2.24) is 0 Å². The van der Waals surface area contributed by atoms with Gasteiger partial charge in [-0.25, -0.2) is 9.59 Å². The molecule has 0 amide bonds. The van der Waals surface area contributed by atoms with Crippen molar-refractivity contribution in [2.24, 2.45) is 0 Å². The van der Waals surface area contributed by atoms with Crippen LogP contribution in [-0.4, -0.2) is 50.1 Å². The van der Waals surface area contributed by atoms with Gasteiger partial charge in [-0.3, -0.25) is 0 Å². The molecule has 0 saturated carbocycles. The SMILES string of the molecule is COCCOC(=O)C(C)OC(=O)CO. The Kier molecular flexibility index (Phi) is 6.69. The quantitative estimate of drug-likeness (QED) is 0.448. The second-order valence-corrected chi connectivity index (χ2v) is 2.45. The number of hydrogen-bond acceptors (Lipinski definition) is 6. The average Bonchev–Trinajstić information content (AvgIpc) is 2.17. The van der Waals surface area contributed by atoms with Crippen molar-refractivity contribution < 1.29 is 28.9 Å². The van der Waals surface area contributed by atoms with Crippen LogP contribution in [0.3, 0.4) is 0 Å². The molecule has 0 aliphatic carbocycles. The maximum absolute atomic E-state index is 11.0. The fourth-order valence-electron chi connectivity index (χ4n) is 0.625. The van der Waals surface area contributed by atoms with Gasteiger partial charge >= 0.3 is 11.9 Å². The maximum atomic E-state index is 11.0. The normalized spacial score (nSPS) is 11.9. The number of rotatable bonds is 6. The van der Waals surface area contributed by atoms with Crippen LogP contribution in [0, 0.1) is 0 Å². The van der Waals surface area contributed by atoms with E-state index in [4.69, 9.17) is 5.11 Å². The number of carbonyl (C=O) groups excluding carboxylic acids is 2. The van der Waals surface area contributed by atoms with E-state index in [2.05, 4.69) is 14.2 Å². The van der Waals surface area contributed by atoms with Crippen LogP contribution < -0.4 is 0 Å². The van der Waals surface area contributed by atoms with E-state index in [1.54, 1.807) is 0 Å². The van der Waals surface area contributed by atoms with Crippen molar-refractivity contribution in [3.63, 3.8) is 0 Å². The summed E-state index contributed by atoms with van der Waals surface area (Å²) in [6.07, 6.45) is -1.01. The second kappa shape index (κ2) is 7.28. The maximum Gasteiger partial charge on any atom is 0.347 e. The van der Waals surface area contributed by atoms with Crippen molar-refractivity contribution in [1.29, 1.82) is 0 Å². The number of aliphatic hydroxyl groups is 1. The predicted octanol–water partition coefficient (Wildman–Crippen LogP) is -0.900. The molecule has 0 fully saturated rings. The lowest BCUT2D eigenvalue weighted by Gasteiger charge is -2.11. The van der Waals surface area contributed by atoms with E-state index >= 15 is 0 Å². The van der Waals surface area contributed by atoms with Crippen molar-refractivity contribution in [3.8, 4) is 0 Å². The van der Waals surface area contributed by atoms with Gasteiger partial charge in [0.25, 0.3) is 0 Å². The zero-order chi connectivity index (χ0) is 11.0. The van der Waals surface area contributed by atoms with E-state index in [0.717, 1.165) is 0 Å². The summed E-state index contributed by atoms with van der Waals surface area (Å²) in [5.41, 5.74) is 0. The van der Waals surface area contributed by atoms with Crippen LogP contribution in [0.25, 0.3) is 0 Å². The van der Waals surface area contributed by atoms with E-state index in [9.17, 15) is 9.59 Å². The van der Waals surface area contributed by atoms with Crippen LogP contribution in [0.1, 0.15) is 6.92 Å².